The average Bonchev–Trinajstić information content (AvgIpc) is 2.72. The molecule has 1 saturated heterocycles. The van der Waals surface area contributed by atoms with Gasteiger partial charge >= 0.3 is 0 Å². The molecule has 1 atom stereocenters. The van der Waals surface area contributed by atoms with Gasteiger partial charge in [-0.25, -0.2) is 8.42 Å². The van der Waals surface area contributed by atoms with Crippen molar-refractivity contribution in [3.63, 3.8) is 0 Å². The zero-order valence-electron chi connectivity index (χ0n) is 7.51. The van der Waals surface area contributed by atoms with E-state index in [4.69, 9.17) is 0 Å². The van der Waals surface area contributed by atoms with Crippen LogP contribution in [0.5, 0.6) is 0 Å². The summed E-state index contributed by atoms with van der Waals surface area (Å²) in [6, 6.07) is 8.57. The highest BCUT2D eigenvalue weighted by atomic mass is 32.3. The fourth-order valence-corrected chi connectivity index (χ4v) is 4.48. The van der Waals surface area contributed by atoms with Gasteiger partial charge in [-0.2, -0.15) is 0 Å². The molecule has 1 fully saturated rings. The number of nitrogens with one attached hydrogen (secondary N) is 1. The number of thioether (sulfide) groups is 1. The van der Waals surface area contributed by atoms with E-state index in [0.29, 0.717) is 4.90 Å². The van der Waals surface area contributed by atoms with Crippen molar-refractivity contribution in [2.75, 3.05) is 12.3 Å². The SMILES string of the molecule is O=S(=O)(c1ccccc1)C1NCCS1. The lowest BCUT2D eigenvalue weighted by Crippen LogP contribution is -2.28. The highest BCUT2D eigenvalue weighted by Gasteiger charge is 2.30. The van der Waals surface area contributed by atoms with Crippen LogP contribution in [-0.4, -0.2) is 25.4 Å². The second-order valence-corrected chi connectivity index (χ2v) is 6.56. The molecule has 0 radical (unpaired) electrons. The van der Waals surface area contributed by atoms with Gasteiger partial charge in [-0.05, 0) is 12.1 Å². The molecule has 5 heteroatoms. The van der Waals surface area contributed by atoms with E-state index in [0.717, 1.165) is 12.3 Å². The van der Waals surface area contributed by atoms with E-state index in [-0.39, 0.29) is 0 Å². The fraction of sp³-hybridized carbons (Fsp3) is 0.333. The molecule has 3 nitrogen and oxygen atoms in total. The Morgan fingerprint density at radius 1 is 1.29 bits per heavy atom. The lowest BCUT2D eigenvalue weighted by Gasteiger charge is -2.10. The van der Waals surface area contributed by atoms with Gasteiger partial charge in [0.05, 0.1) is 4.90 Å². The maximum atomic E-state index is 12.0. The van der Waals surface area contributed by atoms with Crippen LogP contribution in [0, 0.1) is 0 Å². The third-order valence-electron chi connectivity index (χ3n) is 2.04. The van der Waals surface area contributed by atoms with Crippen molar-refractivity contribution < 1.29 is 8.42 Å². The minimum atomic E-state index is -3.19. The Labute approximate surface area is 87.8 Å². The summed E-state index contributed by atoms with van der Waals surface area (Å²) in [5.41, 5.74) is 0. The van der Waals surface area contributed by atoms with Gasteiger partial charge in [0.15, 0.2) is 4.71 Å². The van der Waals surface area contributed by atoms with Crippen molar-refractivity contribution in [1.29, 1.82) is 0 Å². The summed E-state index contributed by atoms with van der Waals surface area (Å²) in [6.07, 6.45) is 0. The van der Waals surface area contributed by atoms with Crippen molar-refractivity contribution in [1.82, 2.24) is 5.32 Å². The number of rotatable bonds is 2. The standard InChI is InChI=1S/C9H11NO2S2/c11-14(12,9-10-6-7-13-9)8-4-2-1-3-5-8/h1-5,9-10H,6-7H2. The number of sulfone groups is 1. The van der Waals surface area contributed by atoms with Gasteiger partial charge in [0.2, 0.25) is 9.84 Å². The third kappa shape index (κ3) is 1.80. The Kier molecular flexibility index (Phi) is 2.80. The number of hydrogen-bond donors (Lipinski definition) is 1. The monoisotopic (exact) mass is 229 g/mol. The van der Waals surface area contributed by atoms with Gasteiger partial charge < -0.3 is 0 Å². The molecule has 0 aliphatic carbocycles. The lowest BCUT2D eigenvalue weighted by atomic mass is 10.4. The molecule has 2 rings (SSSR count). The molecule has 76 valence electrons. The third-order valence-corrected chi connectivity index (χ3v) is 5.77. The van der Waals surface area contributed by atoms with Gasteiger partial charge in [0.1, 0.15) is 0 Å². The summed E-state index contributed by atoms with van der Waals surface area (Å²) in [7, 11) is -3.19. The highest BCUT2D eigenvalue weighted by Crippen LogP contribution is 2.25. The van der Waals surface area contributed by atoms with Gasteiger partial charge in [-0.15, -0.1) is 11.8 Å². The summed E-state index contributed by atoms with van der Waals surface area (Å²) in [6.45, 7) is 0.765. The van der Waals surface area contributed by atoms with Crippen LogP contribution in [0.2, 0.25) is 0 Å². The molecule has 1 aliphatic heterocycles. The van der Waals surface area contributed by atoms with Crippen molar-refractivity contribution in [2.45, 2.75) is 9.60 Å². The van der Waals surface area contributed by atoms with Gasteiger partial charge in [-0.1, -0.05) is 18.2 Å². The summed E-state index contributed by atoms with van der Waals surface area (Å²) < 4.78 is 23.4. The molecule has 0 saturated carbocycles. The van der Waals surface area contributed by atoms with Crippen molar-refractivity contribution in [3.8, 4) is 0 Å². The summed E-state index contributed by atoms with van der Waals surface area (Å²) in [5, 5.41) is 2.97. The molecular formula is C9H11NO2S2. The molecule has 1 aliphatic rings. The van der Waals surface area contributed by atoms with E-state index in [2.05, 4.69) is 5.32 Å². The van der Waals surface area contributed by atoms with Crippen LogP contribution in [0.25, 0.3) is 0 Å². The predicted molar refractivity (Wildman–Crippen MR) is 57.9 cm³/mol. The molecule has 1 aromatic rings. The first-order chi connectivity index (χ1) is 6.71. The van der Waals surface area contributed by atoms with E-state index < -0.39 is 14.5 Å². The molecule has 1 heterocycles. The smallest absolute Gasteiger partial charge is 0.203 e. The maximum Gasteiger partial charge on any atom is 0.203 e. The van der Waals surface area contributed by atoms with E-state index in [9.17, 15) is 8.42 Å². The topological polar surface area (TPSA) is 46.2 Å². The Hall–Kier alpha value is -0.520. The Morgan fingerprint density at radius 2 is 2.00 bits per heavy atom. The molecular weight excluding hydrogens is 218 g/mol. The minimum absolute atomic E-state index is 0.395. The molecule has 1 unspecified atom stereocenters. The molecule has 1 aromatic carbocycles. The van der Waals surface area contributed by atoms with Crippen LogP contribution in [0.4, 0.5) is 0 Å². The quantitative estimate of drug-likeness (QED) is 0.824. The maximum absolute atomic E-state index is 12.0. The first kappa shape index (κ1) is 10.0. The minimum Gasteiger partial charge on any atom is -0.292 e. The molecule has 0 spiro atoms. The van der Waals surface area contributed by atoms with Crippen molar-refractivity contribution in [2.24, 2.45) is 0 Å². The molecule has 0 bridgehead atoms. The largest absolute Gasteiger partial charge is 0.292 e. The van der Waals surface area contributed by atoms with E-state index in [1.807, 2.05) is 6.07 Å². The normalized spacial score (nSPS) is 22.4. The van der Waals surface area contributed by atoms with Crippen LogP contribution in [-0.2, 0) is 9.84 Å². The van der Waals surface area contributed by atoms with E-state index in [1.54, 1.807) is 24.3 Å². The molecule has 0 aromatic heterocycles. The fourth-order valence-electron chi connectivity index (χ4n) is 1.33. The highest BCUT2D eigenvalue weighted by molar-refractivity contribution is 8.13. The van der Waals surface area contributed by atoms with Crippen LogP contribution >= 0.6 is 11.8 Å². The van der Waals surface area contributed by atoms with E-state index >= 15 is 0 Å². The summed E-state index contributed by atoms with van der Waals surface area (Å²) in [5.74, 6) is 0.858. The Balaban J connectivity index is 2.33. The second kappa shape index (κ2) is 3.92. The average molecular weight is 229 g/mol. The Bertz CT molecular complexity index is 396. The molecule has 1 N–H and O–H groups in total. The zero-order chi connectivity index (χ0) is 10.0. The van der Waals surface area contributed by atoms with Crippen LogP contribution in [0.1, 0.15) is 0 Å². The van der Waals surface area contributed by atoms with Gasteiger partial charge in [0.25, 0.3) is 0 Å². The van der Waals surface area contributed by atoms with Gasteiger partial charge in [-0.3, -0.25) is 5.32 Å². The molecule has 14 heavy (non-hydrogen) atoms. The zero-order valence-corrected chi connectivity index (χ0v) is 9.14. The van der Waals surface area contributed by atoms with Crippen LogP contribution in [0.15, 0.2) is 35.2 Å². The number of benzene rings is 1. The second-order valence-electron chi connectivity index (χ2n) is 3.01. The lowest BCUT2D eigenvalue weighted by molar-refractivity contribution is 0.586. The summed E-state index contributed by atoms with van der Waals surface area (Å²) >= 11 is 1.45. The predicted octanol–water partition coefficient (Wildman–Crippen LogP) is 1.08. The van der Waals surface area contributed by atoms with Crippen molar-refractivity contribution >= 4 is 21.6 Å². The van der Waals surface area contributed by atoms with Crippen molar-refractivity contribution in [3.05, 3.63) is 30.3 Å². The van der Waals surface area contributed by atoms with Crippen LogP contribution in [0.3, 0.4) is 0 Å². The molecule has 0 amide bonds. The first-order valence-electron chi connectivity index (χ1n) is 4.35. The first-order valence-corrected chi connectivity index (χ1v) is 6.95. The number of hydrogen-bond acceptors (Lipinski definition) is 4. The van der Waals surface area contributed by atoms with E-state index in [1.165, 1.54) is 11.8 Å². The van der Waals surface area contributed by atoms with Gasteiger partial charge in [0, 0.05) is 12.3 Å². The Morgan fingerprint density at radius 3 is 2.57 bits per heavy atom. The summed E-state index contributed by atoms with van der Waals surface area (Å²) in [4.78, 5) is 0.395. The van der Waals surface area contributed by atoms with Crippen LogP contribution < -0.4 is 5.32 Å².